The van der Waals surface area contributed by atoms with Gasteiger partial charge in [-0.15, -0.1) is 0 Å². The summed E-state index contributed by atoms with van der Waals surface area (Å²) in [5, 5.41) is 11.2. The summed E-state index contributed by atoms with van der Waals surface area (Å²) in [5.41, 5.74) is -0.288. The number of halogens is 3. The molecule has 2 rings (SSSR count). The van der Waals surface area contributed by atoms with Crippen LogP contribution in [0.4, 0.5) is 19.3 Å². The van der Waals surface area contributed by atoms with Crippen LogP contribution in [0.2, 0.25) is 0 Å². The summed E-state index contributed by atoms with van der Waals surface area (Å²) >= 11 is 2.85. The molecule has 114 valence electrons. The number of carbonyl (C=O) groups excluding carboxylic acids is 1. The summed E-state index contributed by atoms with van der Waals surface area (Å²) in [6.07, 6.45) is 1.05. The van der Waals surface area contributed by atoms with Gasteiger partial charge in [0, 0.05) is 19.2 Å². The maximum absolute atomic E-state index is 13.8. The first-order valence-corrected chi connectivity index (χ1v) is 7.11. The quantitative estimate of drug-likeness (QED) is 0.794. The van der Waals surface area contributed by atoms with Crippen molar-refractivity contribution in [2.75, 3.05) is 18.4 Å². The van der Waals surface area contributed by atoms with Crippen molar-refractivity contribution < 1.29 is 23.5 Å². The van der Waals surface area contributed by atoms with Crippen LogP contribution in [-0.4, -0.2) is 35.1 Å². The van der Waals surface area contributed by atoms with Crippen LogP contribution in [0, 0.1) is 17.6 Å². The highest BCUT2D eigenvalue weighted by molar-refractivity contribution is 9.10. The molecule has 5 nitrogen and oxygen atoms in total. The first-order valence-electron chi connectivity index (χ1n) is 6.31. The number of likely N-dealkylation sites (tertiary alicyclic amines) is 1. The van der Waals surface area contributed by atoms with Crippen LogP contribution in [0.5, 0.6) is 0 Å². The van der Waals surface area contributed by atoms with E-state index < -0.39 is 29.6 Å². The second-order valence-corrected chi connectivity index (χ2v) is 5.66. The van der Waals surface area contributed by atoms with Gasteiger partial charge in [-0.05, 0) is 34.8 Å². The lowest BCUT2D eigenvalue weighted by Gasteiger charge is -2.30. The normalized spacial score (nSPS) is 18.4. The summed E-state index contributed by atoms with van der Waals surface area (Å²) < 4.78 is 26.9. The van der Waals surface area contributed by atoms with Gasteiger partial charge >= 0.3 is 12.0 Å². The lowest BCUT2D eigenvalue weighted by atomic mass is 9.99. The molecule has 1 aliphatic rings. The van der Waals surface area contributed by atoms with Gasteiger partial charge in [0.05, 0.1) is 16.1 Å². The Morgan fingerprint density at radius 2 is 2.10 bits per heavy atom. The van der Waals surface area contributed by atoms with E-state index in [1.807, 2.05) is 0 Å². The number of urea groups is 1. The molecule has 1 aromatic carbocycles. The predicted molar refractivity (Wildman–Crippen MR) is 75.0 cm³/mol. The Hall–Kier alpha value is -1.70. The van der Waals surface area contributed by atoms with Gasteiger partial charge in [0.2, 0.25) is 0 Å². The lowest BCUT2D eigenvalue weighted by molar-refractivity contribution is -0.143. The predicted octanol–water partition coefficient (Wildman–Crippen LogP) is 3.06. The van der Waals surface area contributed by atoms with Crippen molar-refractivity contribution in [1.82, 2.24) is 4.90 Å². The van der Waals surface area contributed by atoms with Crippen molar-refractivity contribution in [2.24, 2.45) is 5.92 Å². The molecule has 1 unspecified atom stereocenters. The summed E-state index contributed by atoms with van der Waals surface area (Å²) in [4.78, 5) is 24.3. The van der Waals surface area contributed by atoms with E-state index in [0.717, 1.165) is 12.1 Å². The van der Waals surface area contributed by atoms with E-state index >= 15 is 0 Å². The van der Waals surface area contributed by atoms with Gasteiger partial charge in [-0.2, -0.15) is 0 Å². The van der Waals surface area contributed by atoms with E-state index in [4.69, 9.17) is 5.11 Å². The maximum Gasteiger partial charge on any atom is 0.321 e. The third-order valence-corrected chi connectivity index (χ3v) is 3.87. The highest BCUT2D eigenvalue weighted by Crippen LogP contribution is 2.25. The monoisotopic (exact) mass is 362 g/mol. The molecule has 2 N–H and O–H groups in total. The first kappa shape index (κ1) is 15.7. The van der Waals surface area contributed by atoms with Crippen molar-refractivity contribution in [1.29, 1.82) is 0 Å². The number of rotatable bonds is 2. The fraction of sp³-hybridized carbons (Fsp3) is 0.385. The number of nitrogens with zero attached hydrogens (tertiary/aromatic N) is 1. The fourth-order valence-corrected chi connectivity index (χ4v) is 2.64. The molecule has 1 aromatic rings. The second kappa shape index (κ2) is 6.38. The number of carboxylic acids is 1. The van der Waals surface area contributed by atoms with Crippen LogP contribution in [0.3, 0.4) is 0 Å². The third-order valence-electron chi connectivity index (χ3n) is 3.29. The molecular formula is C13H13BrF2N2O3. The topological polar surface area (TPSA) is 69.6 Å². The van der Waals surface area contributed by atoms with E-state index in [2.05, 4.69) is 21.2 Å². The van der Waals surface area contributed by atoms with Crippen molar-refractivity contribution >= 4 is 33.6 Å². The Labute approximate surface area is 128 Å². The zero-order valence-corrected chi connectivity index (χ0v) is 12.5. The molecule has 1 aliphatic heterocycles. The minimum atomic E-state index is -0.966. The number of hydrogen-bond acceptors (Lipinski definition) is 2. The van der Waals surface area contributed by atoms with E-state index in [-0.39, 0.29) is 16.7 Å². The SMILES string of the molecule is O=C(O)C1CCCN(C(=O)Nc2cc(F)cc(Br)c2F)C1. The smallest absolute Gasteiger partial charge is 0.321 e. The van der Waals surface area contributed by atoms with Gasteiger partial charge in [0.25, 0.3) is 0 Å². The van der Waals surface area contributed by atoms with Gasteiger partial charge < -0.3 is 15.3 Å². The standard InChI is InChI=1S/C13H13BrF2N2O3/c14-9-4-8(15)5-10(11(9)16)17-13(21)18-3-1-2-7(6-18)12(19)20/h4-5,7H,1-3,6H2,(H,17,21)(H,19,20). The van der Waals surface area contributed by atoms with Crippen molar-refractivity contribution in [3.05, 3.63) is 28.2 Å². The number of amides is 2. The van der Waals surface area contributed by atoms with Crippen LogP contribution in [0.25, 0.3) is 0 Å². The highest BCUT2D eigenvalue weighted by Gasteiger charge is 2.28. The molecular weight excluding hydrogens is 350 g/mol. The number of aliphatic carboxylic acids is 1. The number of benzene rings is 1. The minimum Gasteiger partial charge on any atom is -0.481 e. The molecule has 1 heterocycles. The Balaban J connectivity index is 2.09. The Bertz CT molecular complexity index is 583. The van der Waals surface area contributed by atoms with Gasteiger partial charge in [-0.25, -0.2) is 13.6 Å². The average Bonchev–Trinajstić information content (AvgIpc) is 2.44. The number of carbonyl (C=O) groups is 2. The number of carboxylic acid groups (broad SMARTS) is 1. The Morgan fingerprint density at radius 3 is 2.76 bits per heavy atom. The summed E-state index contributed by atoms with van der Waals surface area (Å²) in [6.45, 7) is 0.437. The Kier molecular flexibility index (Phi) is 4.76. The Morgan fingerprint density at radius 1 is 1.38 bits per heavy atom. The molecule has 1 fully saturated rings. The number of anilines is 1. The van der Waals surface area contributed by atoms with Crippen molar-refractivity contribution in [3.8, 4) is 0 Å². The third kappa shape index (κ3) is 3.69. The minimum absolute atomic E-state index is 0.0548. The van der Waals surface area contributed by atoms with Gasteiger partial charge in [-0.3, -0.25) is 4.79 Å². The number of nitrogens with one attached hydrogen (secondary N) is 1. The molecule has 8 heteroatoms. The van der Waals surface area contributed by atoms with E-state index in [1.165, 1.54) is 4.90 Å². The van der Waals surface area contributed by atoms with Gasteiger partial charge in [0.15, 0.2) is 5.82 Å². The maximum atomic E-state index is 13.8. The fourth-order valence-electron chi connectivity index (χ4n) is 2.20. The molecule has 0 saturated carbocycles. The first-order chi connectivity index (χ1) is 9.88. The summed E-state index contributed by atoms with van der Waals surface area (Å²) in [7, 11) is 0. The van der Waals surface area contributed by atoms with E-state index in [0.29, 0.717) is 19.4 Å². The van der Waals surface area contributed by atoms with E-state index in [9.17, 15) is 18.4 Å². The summed E-state index contributed by atoms with van der Waals surface area (Å²) in [6, 6.07) is 1.18. The largest absolute Gasteiger partial charge is 0.481 e. The number of piperidine rings is 1. The molecule has 0 aromatic heterocycles. The van der Waals surface area contributed by atoms with Crippen molar-refractivity contribution in [2.45, 2.75) is 12.8 Å². The molecule has 1 saturated heterocycles. The van der Waals surface area contributed by atoms with Gasteiger partial charge in [0.1, 0.15) is 5.82 Å². The molecule has 0 radical (unpaired) electrons. The molecule has 0 bridgehead atoms. The molecule has 21 heavy (non-hydrogen) atoms. The average molecular weight is 363 g/mol. The zero-order chi connectivity index (χ0) is 15.6. The van der Waals surface area contributed by atoms with E-state index in [1.54, 1.807) is 0 Å². The molecule has 0 spiro atoms. The van der Waals surface area contributed by atoms with Crippen molar-refractivity contribution in [3.63, 3.8) is 0 Å². The van der Waals surface area contributed by atoms with Crippen LogP contribution >= 0.6 is 15.9 Å². The zero-order valence-electron chi connectivity index (χ0n) is 10.9. The van der Waals surface area contributed by atoms with Crippen LogP contribution < -0.4 is 5.32 Å². The number of hydrogen-bond donors (Lipinski definition) is 2. The molecule has 1 atom stereocenters. The van der Waals surface area contributed by atoms with Crippen LogP contribution in [0.15, 0.2) is 16.6 Å². The second-order valence-electron chi connectivity index (χ2n) is 4.80. The van der Waals surface area contributed by atoms with Crippen LogP contribution in [0.1, 0.15) is 12.8 Å². The lowest BCUT2D eigenvalue weighted by Crippen LogP contribution is -2.44. The molecule has 0 aliphatic carbocycles. The molecule has 2 amide bonds. The van der Waals surface area contributed by atoms with Gasteiger partial charge in [-0.1, -0.05) is 0 Å². The van der Waals surface area contributed by atoms with Crippen LogP contribution in [-0.2, 0) is 4.79 Å². The summed E-state index contributed by atoms with van der Waals surface area (Å²) in [5.74, 6) is -3.07. The highest BCUT2D eigenvalue weighted by atomic mass is 79.9.